The van der Waals surface area contributed by atoms with E-state index >= 15 is 0 Å². The lowest BCUT2D eigenvalue weighted by atomic mass is 10.5. The maximum Gasteiger partial charge on any atom is 0.115 e. The highest BCUT2D eigenvalue weighted by Gasteiger charge is 2.21. The lowest BCUT2D eigenvalue weighted by molar-refractivity contribution is 1.50. The molecule has 0 saturated heterocycles. The summed E-state index contributed by atoms with van der Waals surface area (Å²) in [6.07, 6.45) is 7.24. The Morgan fingerprint density at radius 1 is 0.545 bits per heavy atom. The van der Waals surface area contributed by atoms with Crippen molar-refractivity contribution in [1.29, 1.82) is 21.0 Å². The number of hydrogen-bond donors (Lipinski definition) is 0. The Kier molecular flexibility index (Phi) is 5.90. The van der Waals surface area contributed by atoms with Crippen molar-refractivity contribution >= 4 is 47.0 Å². The van der Waals surface area contributed by atoms with Crippen LogP contribution in [0.4, 0.5) is 0 Å². The molecule has 0 aliphatic carbocycles. The van der Waals surface area contributed by atoms with E-state index in [4.69, 9.17) is 21.0 Å². The lowest BCUT2D eigenvalue weighted by Gasteiger charge is -1.91. The molecule has 104 valence electrons. The molecule has 0 bridgehead atoms. The van der Waals surface area contributed by atoms with Gasteiger partial charge in [0.2, 0.25) is 0 Å². The second kappa shape index (κ2) is 7.90. The molecule has 0 fully saturated rings. The molecule has 0 amide bonds. The zero-order valence-electron chi connectivity index (χ0n) is 10.7. The zero-order valence-corrected chi connectivity index (χ0v) is 14.0. The van der Waals surface area contributed by atoms with Crippen molar-refractivity contribution in [3.63, 3.8) is 0 Å². The molecular weight excluding hydrogens is 352 g/mol. The Morgan fingerprint density at radius 2 is 0.818 bits per heavy atom. The first-order chi connectivity index (χ1) is 10.7. The van der Waals surface area contributed by atoms with Gasteiger partial charge in [0, 0.05) is 0 Å². The van der Waals surface area contributed by atoms with Crippen LogP contribution in [0, 0.1) is 45.3 Å². The average molecular weight is 356 g/mol. The molecule has 2 rings (SSSR count). The van der Waals surface area contributed by atoms with Crippen molar-refractivity contribution in [2.75, 3.05) is 0 Å². The van der Waals surface area contributed by atoms with E-state index in [1.165, 1.54) is 47.0 Å². The van der Waals surface area contributed by atoms with Crippen molar-refractivity contribution in [3.05, 3.63) is 52.4 Å². The molecule has 0 spiro atoms. The van der Waals surface area contributed by atoms with E-state index in [0.717, 1.165) is 8.47 Å². The monoisotopic (exact) mass is 356 g/mol. The van der Waals surface area contributed by atoms with Crippen molar-refractivity contribution in [1.82, 2.24) is 0 Å². The summed E-state index contributed by atoms with van der Waals surface area (Å²) in [5.41, 5.74) is 0. The van der Waals surface area contributed by atoms with Gasteiger partial charge in [-0.1, -0.05) is 59.2 Å². The number of nitriles is 4. The normalized spacial score (nSPS) is 17.3. The number of thioether (sulfide) groups is 4. The second-order valence-corrected chi connectivity index (χ2v) is 8.25. The molecule has 0 aromatic carbocycles. The molecule has 0 aromatic rings. The van der Waals surface area contributed by atoms with E-state index in [-0.39, 0.29) is 0 Å². The van der Waals surface area contributed by atoms with Crippen LogP contribution in [0.15, 0.2) is 52.4 Å². The van der Waals surface area contributed by atoms with E-state index in [1.807, 2.05) is 36.4 Å². The molecule has 0 atom stereocenters. The van der Waals surface area contributed by atoms with Gasteiger partial charge in [-0.15, -0.1) is 0 Å². The summed E-state index contributed by atoms with van der Waals surface area (Å²) < 4.78 is 1.73. The predicted molar refractivity (Wildman–Crippen MR) is 92.2 cm³/mol. The molecule has 2 aliphatic heterocycles. The SMILES string of the molecule is N#CC1=C(C#N)SC(=C/C=C/C=C2SC(C#N)=C(C#N)S2)S1. The van der Waals surface area contributed by atoms with Crippen molar-refractivity contribution in [2.45, 2.75) is 0 Å². The lowest BCUT2D eigenvalue weighted by Crippen LogP contribution is -1.66. The molecule has 0 unspecified atom stereocenters. The zero-order chi connectivity index (χ0) is 15.9. The van der Waals surface area contributed by atoms with Crippen LogP contribution in [-0.4, -0.2) is 0 Å². The Hall–Kier alpha value is -1.94. The molecular formula is C14H4N4S4. The molecule has 8 heteroatoms. The number of nitrogens with zero attached hydrogens (tertiary/aromatic N) is 4. The van der Waals surface area contributed by atoms with Gasteiger partial charge in [-0.3, -0.25) is 0 Å². The summed E-state index contributed by atoms with van der Waals surface area (Å²) in [5, 5.41) is 35.5. The van der Waals surface area contributed by atoms with E-state index in [0.29, 0.717) is 19.6 Å². The van der Waals surface area contributed by atoms with E-state index in [2.05, 4.69) is 0 Å². The quantitative estimate of drug-likeness (QED) is 0.702. The first kappa shape index (κ1) is 16.4. The maximum absolute atomic E-state index is 8.89. The van der Waals surface area contributed by atoms with Crippen molar-refractivity contribution in [2.24, 2.45) is 0 Å². The van der Waals surface area contributed by atoms with E-state index in [1.54, 1.807) is 12.2 Å². The minimum Gasteiger partial charge on any atom is -0.192 e. The van der Waals surface area contributed by atoms with Gasteiger partial charge in [0.25, 0.3) is 0 Å². The van der Waals surface area contributed by atoms with Crippen molar-refractivity contribution in [3.8, 4) is 24.3 Å². The van der Waals surface area contributed by atoms with Gasteiger partial charge in [-0.2, -0.15) is 21.0 Å². The highest BCUT2D eigenvalue weighted by atomic mass is 32.2. The summed E-state index contributed by atoms with van der Waals surface area (Å²) >= 11 is 5.11. The third kappa shape index (κ3) is 3.83. The Bertz CT molecular complexity index is 706. The molecule has 22 heavy (non-hydrogen) atoms. The molecule has 0 aromatic heterocycles. The molecule has 0 radical (unpaired) electrons. The summed E-state index contributed by atoms with van der Waals surface area (Å²) in [4.78, 5) is 1.70. The average Bonchev–Trinajstić information content (AvgIpc) is 3.14. The van der Waals surface area contributed by atoms with Crippen LogP contribution >= 0.6 is 47.0 Å². The predicted octanol–water partition coefficient (Wildman–Crippen LogP) is 4.70. The Labute approximate surface area is 144 Å². The van der Waals surface area contributed by atoms with Crippen LogP contribution in [0.1, 0.15) is 0 Å². The molecule has 0 saturated carbocycles. The van der Waals surface area contributed by atoms with Crippen LogP contribution < -0.4 is 0 Å². The van der Waals surface area contributed by atoms with E-state index < -0.39 is 0 Å². The standard InChI is InChI=1S/C14H4N4S4/c15-5-9-10(6-16)20-13(19-9)3-1-2-4-14-21-11(7-17)12(8-18)22-14/h1-4H/b2-1+. The Balaban J connectivity index is 1.98. The van der Waals surface area contributed by atoms with Gasteiger partial charge in [-0.05, 0) is 12.2 Å². The fourth-order valence-corrected chi connectivity index (χ4v) is 5.29. The molecule has 0 N–H and O–H groups in total. The van der Waals surface area contributed by atoms with E-state index in [9.17, 15) is 0 Å². The van der Waals surface area contributed by atoms with Crippen LogP contribution in [0.25, 0.3) is 0 Å². The fraction of sp³-hybridized carbons (Fsp3) is 0. The third-order valence-electron chi connectivity index (χ3n) is 2.20. The summed E-state index contributed by atoms with van der Waals surface area (Å²) in [6.45, 7) is 0. The van der Waals surface area contributed by atoms with Gasteiger partial charge < -0.3 is 0 Å². The van der Waals surface area contributed by atoms with Crippen molar-refractivity contribution < 1.29 is 0 Å². The summed E-state index contributed by atoms with van der Waals surface area (Å²) in [7, 11) is 0. The third-order valence-corrected chi connectivity index (χ3v) is 6.81. The minimum absolute atomic E-state index is 0.425. The maximum atomic E-state index is 8.89. The molecule has 4 nitrogen and oxygen atoms in total. The summed E-state index contributed by atoms with van der Waals surface area (Å²) in [6, 6.07) is 8.01. The van der Waals surface area contributed by atoms with Crippen LogP contribution in [-0.2, 0) is 0 Å². The van der Waals surface area contributed by atoms with Gasteiger partial charge in [-0.25, -0.2) is 0 Å². The summed E-state index contributed by atoms with van der Waals surface area (Å²) in [5.74, 6) is 0. The highest BCUT2D eigenvalue weighted by Crippen LogP contribution is 2.49. The van der Waals surface area contributed by atoms with Crippen LogP contribution in [0.2, 0.25) is 0 Å². The first-order valence-corrected chi connectivity index (χ1v) is 8.87. The fourth-order valence-electron chi connectivity index (χ4n) is 1.33. The Morgan fingerprint density at radius 3 is 1.05 bits per heavy atom. The van der Waals surface area contributed by atoms with Gasteiger partial charge in [0.15, 0.2) is 0 Å². The van der Waals surface area contributed by atoms with Crippen LogP contribution in [0.5, 0.6) is 0 Å². The van der Waals surface area contributed by atoms with Gasteiger partial charge >= 0.3 is 0 Å². The van der Waals surface area contributed by atoms with Gasteiger partial charge in [0.1, 0.15) is 43.9 Å². The first-order valence-electron chi connectivity index (χ1n) is 5.60. The number of allylic oxidation sites excluding steroid dienone is 8. The highest BCUT2D eigenvalue weighted by molar-refractivity contribution is 8.29. The minimum atomic E-state index is 0.425. The largest absolute Gasteiger partial charge is 0.192 e. The number of rotatable bonds is 2. The molecule has 2 heterocycles. The second-order valence-electron chi connectivity index (χ2n) is 3.53. The van der Waals surface area contributed by atoms with Crippen LogP contribution in [0.3, 0.4) is 0 Å². The van der Waals surface area contributed by atoms with Gasteiger partial charge in [0.05, 0.1) is 8.47 Å². The molecule has 2 aliphatic rings. The topological polar surface area (TPSA) is 95.2 Å². The smallest absolute Gasteiger partial charge is 0.115 e. The number of hydrogen-bond acceptors (Lipinski definition) is 8.